The molecule has 114 valence electrons. The summed E-state index contributed by atoms with van der Waals surface area (Å²) >= 11 is 0. The minimum absolute atomic E-state index is 0.0436. The van der Waals surface area contributed by atoms with Crippen molar-refractivity contribution in [1.82, 2.24) is 0 Å². The smallest absolute Gasteiger partial charge is 0.373 e. The highest BCUT2D eigenvalue weighted by Crippen LogP contribution is 2.21. The van der Waals surface area contributed by atoms with Crippen molar-refractivity contribution in [1.29, 1.82) is 0 Å². The maximum absolute atomic E-state index is 12.0. The lowest BCUT2D eigenvalue weighted by Crippen LogP contribution is -2.14. The zero-order valence-corrected chi connectivity index (χ0v) is 12.1. The summed E-state index contributed by atoms with van der Waals surface area (Å²) < 4.78 is 0. The van der Waals surface area contributed by atoms with Crippen molar-refractivity contribution in [3.05, 3.63) is 71.3 Å². The molecule has 1 atom stereocenters. The number of hydrogen-bond acceptors (Lipinski definition) is 4. The van der Waals surface area contributed by atoms with Gasteiger partial charge >= 0.3 is 11.9 Å². The second-order valence-electron chi connectivity index (χ2n) is 4.63. The summed E-state index contributed by atoms with van der Waals surface area (Å²) in [6.07, 6.45) is 0.208. The van der Waals surface area contributed by atoms with Crippen molar-refractivity contribution in [3.8, 4) is 0 Å². The summed E-state index contributed by atoms with van der Waals surface area (Å²) in [5.74, 6) is -2.02. The number of benzene rings is 2. The van der Waals surface area contributed by atoms with Crippen molar-refractivity contribution in [2.75, 3.05) is 0 Å². The van der Waals surface area contributed by atoms with Gasteiger partial charge in [-0.15, -0.1) is 0 Å². The van der Waals surface area contributed by atoms with Crippen LogP contribution in [-0.4, -0.2) is 17.0 Å². The van der Waals surface area contributed by atoms with Gasteiger partial charge in [-0.1, -0.05) is 49.4 Å². The van der Waals surface area contributed by atoms with Gasteiger partial charge in [0, 0.05) is 0 Å². The number of carboxylic acids is 1. The van der Waals surface area contributed by atoms with E-state index in [9.17, 15) is 9.59 Å². The van der Waals surface area contributed by atoms with E-state index in [4.69, 9.17) is 14.9 Å². The molecular formula is C17H16O5. The maximum atomic E-state index is 12.0. The molecule has 5 nitrogen and oxygen atoms in total. The highest BCUT2D eigenvalue weighted by molar-refractivity contribution is 6.02. The first-order valence-electron chi connectivity index (χ1n) is 6.88. The summed E-state index contributed by atoms with van der Waals surface area (Å²) in [6, 6.07) is 15.2. The van der Waals surface area contributed by atoms with Crippen LogP contribution in [0.15, 0.2) is 54.6 Å². The first-order chi connectivity index (χ1) is 10.6. The quantitative estimate of drug-likeness (QED) is 0.651. The molecule has 0 heterocycles. The molecule has 0 fully saturated rings. The van der Waals surface area contributed by atoms with Gasteiger partial charge in [0.2, 0.25) is 0 Å². The molecule has 0 aliphatic rings. The largest absolute Gasteiger partial charge is 0.478 e. The Morgan fingerprint density at radius 1 is 1.00 bits per heavy atom. The van der Waals surface area contributed by atoms with E-state index in [0.717, 1.165) is 5.56 Å². The molecule has 1 unspecified atom stereocenters. The molecule has 0 aliphatic heterocycles. The zero-order chi connectivity index (χ0) is 15.9. The second-order valence-corrected chi connectivity index (χ2v) is 4.63. The highest BCUT2D eigenvalue weighted by atomic mass is 17.2. The van der Waals surface area contributed by atoms with Gasteiger partial charge in [0.05, 0.1) is 11.1 Å². The standard InChI is InChI=1S/C17H16O5/c1-2-15(12-8-4-3-5-9-12)21-22-17(20)14-11-7-6-10-13(14)16(18)19/h3-11,15H,2H2,1H3,(H,18,19). The Hall–Kier alpha value is -2.66. The van der Waals surface area contributed by atoms with E-state index in [0.29, 0.717) is 6.42 Å². The molecule has 0 bridgehead atoms. The van der Waals surface area contributed by atoms with E-state index in [1.54, 1.807) is 12.1 Å². The third kappa shape index (κ3) is 3.71. The summed E-state index contributed by atoms with van der Waals surface area (Å²) in [5, 5.41) is 9.07. The first kappa shape index (κ1) is 15.7. The van der Waals surface area contributed by atoms with Gasteiger partial charge in [-0.05, 0) is 24.1 Å². The van der Waals surface area contributed by atoms with Crippen LogP contribution in [0.25, 0.3) is 0 Å². The van der Waals surface area contributed by atoms with E-state index in [-0.39, 0.29) is 11.1 Å². The fourth-order valence-electron chi connectivity index (χ4n) is 2.02. The predicted molar refractivity (Wildman–Crippen MR) is 79.4 cm³/mol. The Labute approximate surface area is 128 Å². The van der Waals surface area contributed by atoms with Crippen molar-refractivity contribution in [3.63, 3.8) is 0 Å². The van der Waals surface area contributed by atoms with Gasteiger partial charge in [-0.2, -0.15) is 4.89 Å². The number of carbonyl (C=O) groups is 2. The molecule has 0 amide bonds. The van der Waals surface area contributed by atoms with Gasteiger partial charge in [-0.3, -0.25) is 4.89 Å². The molecule has 0 aliphatic carbocycles. The van der Waals surface area contributed by atoms with E-state index in [2.05, 4.69) is 0 Å². The average molecular weight is 300 g/mol. The molecule has 2 aromatic carbocycles. The Morgan fingerprint density at radius 3 is 2.18 bits per heavy atom. The van der Waals surface area contributed by atoms with Crippen LogP contribution in [-0.2, 0) is 9.78 Å². The van der Waals surface area contributed by atoms with Gasteiger partial charge in [-0.25, -0.2) is 9.59 Å². The van der Waals surface area contributed by atoms with Crippen molar-refractivity contribution in [2.45, 2.75) is 19.4 Å². The minimum Gasteiger partial charge on any atom is -0.478 e. The molecule has 1 N–H and O–H groups in total. The molecular weight excluding hydrogens is 284 g/mol. The van der Waals surface area contributed by atoms with Crippen LogP contribution in [0.5, 0.6) is 0 Å². The third-order valence-electron chi connectivity index (χ3n) is 3.16. The monoisotopic (exact) mass is 300 g/mol. The number of carbonyl (C=O) groups excluding carboxylic acids is 1. The summed E-state index contributed by atoms with van der Waals surface area (Å²) in [4.78, 5) is 33.1. The summed E-state index contributed by atoms with van der Waals surface area (Å²) in [6.45, 7) is 1.90. The van der Waals surface area contributed by atoms with Gasteiger partial charge in [0.15, 0.2) is 0 Å². The molecule has 0 aromatic heterocycles. The van der Waals surface area contributed by atoms with Crippen LogP contribution in [0.1, 0.15) is 45.7 Å². The minimum atomic E-state index is -1.19. The van der Waals surface area contributed by atoms with Gasteiger partial charge in [0.25, 0.3) is 0 Å². The molecule has 2 aromatic rings. The predicted octanol–water partition coefficient (Wildman–Crippen LogP) is 3.62. The summed E-state index contributed by atoms with van der Waals surface area (Å²) in [7, 11) is 0. The van der Waals surface area contributed by atoms with E-state index < -0.39 is 18.0 Å². The molecule has 22 heavy (non-hydrogen) atoms. The average Bonchev–Trinajstić information content (AvgIpc) is 2.56. The fraction of sp³-hybridized carbons (Fsp3) is 0.176. The topological polar surface area (TPSA) is 72.8 Å². The summed E-state index contributed by atoms with van der Waals surface area (Å²) in [5.41, 5.74) is 0.714. The van der Waals surface area contributed by atoms with E-state index in [1.807, 2.05) is 37.3 Å². The lowest BCUT2D eigenvalue weighted by atomic mass is 10.1. The van der Waals surface area contributed by atoms with Gasteiger partial charge in [0.1, 0.15) is 6.10 Å². The molecule has 2 rings (SSSR count). The Balaban J connectivity index is 2.08. The number of aromatic carboxylic acids is 1. The Bertz CT molecular complexity index is 651. The van der Waals surface area contributed by atoms with Gasteiger partial charge < -0.3 is 5.11 Å². The van der Waals surface area contributed by atoms with Crippen LogP contribution in [0.3, 0.4) is 0 Å². The van der Waals surface area contributed by atoms with Crippen LogP contribution in [0.2, 0.25) is 0 Å². The van der Waals surface area contributed by atoms with Crippen molar-refractivity contribution in [2.24, 2.45) is 0 Å². The SMILES string of the molecule is CCC(OOC(=O)c1ccccc1C(=O)O)c1ccccc1. The van der Waals surface area contributed by atoms with Crippen LogP contribution in [0, 0.1) is 0 Å². The van der Waals surface area contributed by atoms with E-state index >= 15 is 0 Å². The molecule has 5 heteroatoms. The Kier molecular flexibility index (Phi) is 5.27. The van der Waals surface area contributed by atoms with Crippen LogP contribution >= 0.6 is 0 Å². The highest BCUT2D eigenvalue weighted by Gasteiger charge is 2.20. The molecule has 0 saturated carbocycles. The number of rotatable bonds is 6. The Morgan fingerprint density at radius 2 is 1.59 bits per heavy atom. The normalized spacial score (nSPS) is 11.7. The second kappa shape index (κ2) is 7.38. The molecule has 0 saturated heterocycles. The van der Waals surface area contributed by atoms with Crippen LogP contribution < -0.4 is 0 Å². The molecule has 0 spiro atoms. The number of carboxylic acid groups (broad SMARTS) is 1. The first-order valence-corrected chi connectivity index (χ1v) is 6.88. The molecule has 0 radical (unpaired) electrons. The number of hydrogen-bond donors (Lipinski definition) is 1. The van der Waals surface area contributed by atoms with Crippen molar-refractivity contribution < 1.29 is 24.5 Å². The lowest BCUT2D eigenvalue weighted by molar-refractivity contribution is -0.278. The lowest BCUT2D eigenvalue weighted by Gasteiger charge is -2.14. The van der Waals surface area contributed by atoms with Crippen LogP contribution in [0.4, 0.5) is 0 Å². The van der Waals surface area contributed by atoms with Crippen molar-refractivity contribution >= 4 is 11.9 Å². The third-order valence-corrected chi connectivity index (χ3v) is 3.16. The van der Waals surface area contributed by atoms with E-state index in [1.165, 1.54) is 12.1 Å². The zero-order valence-electron chi connectivity index (χ0n) is 12.1. The fourth-order valence-corrected chi connectivity index (χ4v) is 2.02. The maximum Gasteiger partial charge on any atom is 0.373 e.